The van der Waals surface area contributed by atoms with Crippen LogP contribution in [0.4, 0.5) is 0 Å². The number of aromatic amines is 1. The van der Waals surface area contributed by atoms with Crippen molar-refractivity contribution in [3.63, 3.8) is 0 Å². The number of rotatable bonds is 3. The van der Waals surface area contributed by atoms with Crippen molar-refractivity contribution in [3.8, 4) is 11.8 Å². The molecule has 0 bridgehead atoms. The van der Waals surface area contributed by atoms with Crippen LogP contribution in [0.25, 0.3) is 10.4 Å². The van der Waals surface area contributed by atoms with Gasteiger partial charge in [0.05, 0.1) is 6.20 Å². The molecule has 0 fully saturated rings. The van der Waals surface area contributed by atoms with Gasteiger partial charge < -0.3 is 4.98 Å². The number of hydrogen-bond donors (Lipinski definition) is 1. The van der Waals surface area contributed by atoms with Crippen molar-refractivity contribution in [2.45, 2.75) is 11.6 Å². The quantitative estimate of drug-likeness (QED) is 0.164. The summed E-state index contributed by atoms with van der Waals surface area (Å²) in [6, 6.07) is 0. The van der Waals surface area contributed by atoms with Crippen LogP contribution in [-0.2, 0) is 0 Å². The molecule has 0 amide bonds. The third-order valence-electron chi connectivity index (χ3n) is 1.59. The van der Waals surface area contributed by atoms with E-state index in [9.17, 15) is 4.79 Å². The lowest BCUT2D eigenvalue weighted by Gasteiger charge is -1.93. The van der Waals surface area contributed by atoms with Gasteiger partial charge in [-0.1, -0.05) is 28.7 Å². The van der Waals surface area contributed by atoms with E-state index in [2.05, 4.69) is 31.8 Å². The van der Waals surface area contributed by atoms with E-state index in [1.54, 1.807) is 0 Å². The Balaban J connectivity index is 2.74. The highest BCUT2D eigenvalue weighted by atomic mass is 32.2. The topological polar surface area (TPSA) is 94.5 Å². The molecule has 1 N–H and O–H groups in total. The molecule has 0 atom stereocenters. The fourth-order valence-corrected chi connectivity index (χ4v) is 1.23. The highest BCUT2D eigenvalue weighted by molar-refractivity contribution is 7.98. The average Bonchev–Trinajstić information content (AvgIpc) is 2.30. The molecule has 0 unspecified atom stereocenters. The van der Waals surface area contributed by atoms with Crippen LogP contribution in [0.1, 0.15) is 12.0 Å². The first-order chi connectivity index (χ1) is 7.77. The summed E-state index contributed by atoms with van der Waals surface area (Å²) in [7, 11) is 0. The molecule has 7 heteroatoms. The van der Waals surface area contributed by atoms with Gasteiger partial charge in [-0.3, -0.25) is 4.79 Å². The van der Waals surface area contributed by atoms with Gasteiger partial charge in [0, 0.05) is 17.9 Å². The largest absolute Gasteiger partial charge is 0.300 e. The zero-order valence-electron chi connectivity index (χ0n) is 8.60. The van der Waals surface area contributed by atoms with E-state index in [0.29, 0.717) is 23.7 Å². The van der Waals surface area contributed by atoms with Gasteiger partial charge in [0.1, 0.15) is 5.56 Å². The van der Waals surface area contributed by atoms with Gasteiger partial charge in [-0.05, 0) is 11.8 Å². The van der Waals surface area contributed by atoms with Crippen LogP contribution in [0.2, 0.25) is 0 Å². The molecule has 1 aromatic heterocycles. The minimum atomic E-state index is -0.254. The maximum absolute atomic E-state index is 11.4. The summed E-state index contributed by atoms with van der Waals surface area (Å²) in [6.45, 7) is 0.303. The third-order valence-corrected chi connectivity index (χ3v) is 2.19. The van der Waals surface area contributed by atoms with Crippen LogP contribution in [0, 0.1) is 11.8 Å². The Morgan fingerprint density at radius 2 is 2.56 bits per heavy atom. The van der Waals surface area contributed by atoms with E-state index in [1.807, 2.05) is 6.26 Å². The summed E-state index contributed by atoms with van der Waals surface area (Å²) >= 11 is 1.36. The van der Waals surface area contributed by atoms with Crippen LogP contribution < -0.4 is 5.56 Å². The molecular weight excluding hydrogens is 226 g/mol. The second-order valence-corrected chi connectivity index (χ2v) is 3.44. The Kier molecular flexibility index (Phi) is 4.99. The molecule has 0 saturated carbocycles. The lowest BCUT2D eigenvalue weighted by atomic mass is 10.3. The second kappa shape index (κ2) is 6.56. The molecule has 1 rings (SSSR count). The van der Waals surface area contributed by atoms with E-state index in [4.69, 9.17) is 5.53 Å². The summed E-state index contributed by atoms with van der Waals surface area (Å²) in [6.07, 6.45) is 3.68. The van der Waals surface area contributed by atoms with Gasteiger partial charge in [-0.15, -0.1) is 0 Å². The summed E-state index contributed by atoms with van der Waals surface area (Å²) in [5, 5.41) is 3.89. The van der Waals surface area contributed by atoms with Gasteiger partial charge in [0.2, 0.25) is 0 Å². The summed E-state index contributed by atoms with van der Waals surface area (Å²) < 4.78 is 0. The molecule has 6 nitrogen and oxygen atoms in total. The monoisotopic (exact) mass is 235 g/mol. The highest BCUT2D eigenvalue weighted by Gasteiger charge is 1.97. The lowest BCUT2D eigenvalue weighted by Crippen LogP contribution is -2.11. The first-order valence-electron chi connectivity index (χ1n) is 4.41. The molecule has 0 radical (unpaired) electrons. The minimum Gasteiger partial charge on any atom is -0.300 e. The van der Waals surface area contributed by atoms with Gasteiger partial charge in [-0.25, -0.2) is 4.98 Å². The van der Waals surface area contributed by atoms with E-state index < -0.39 is 0 Å². The number of aromatic nitrogens is 2. The molecule has 0 saturated heterocycles. The second-order valence-electron chi connectivity index (χ2n) is 2.64. The number of azide groups is 1. The van der Waals surface area contributed by atoms with Gasteiger partial charge in [-0.2, -0.15) is 0 Å². The Labute approximate surface area is 96.1 Å². The predicted molar refractivity (Wildman–Crippen MR) is 62.1 cm³/mol. The maximum atomic E-state index is 11.4. The van der Waals surface area contributed by atoms with Crippen LogP contribution in [0.15, 0.2) is 21.3 Å². The van der Waals surface area contributed by atoms with Crippen molar-refractivity contribution in [2.75, 3.05) is 12.8 Å². The Hall–Kier alpha value is -1.90. The molecule has 1 aromatic rings. The number of thioether (sulfide) groups is 1. The highest BCUT2D eigenvalue weighted by Crippen LogP contribution is 2.03. The molecule has 0 aliphatic heterocycles. The van der Waals surface area contributed by atoms with Gasteiger partial charge in [0.15, 0.2) is 5.16 Å². The Morgan fingerprint density at radius 3 is 3.19 bits per heavy atom. The van der Waals surface area contributed by atoms with Gasteiger partial charge in [0.25, 0.3) is 5.56 Å². The molecule has 16 heavy (non-hydrogen) atoms. The van der Waals surface area contributed by atoms with Crippen molar-refractivity contribution >= 4 is 11.8 Å². The normalized spacial score (nSPS) is 8.81. The van der Waals surface area contributed by atoms with Crippen molar-refractivity contribution in [2.24, 2.45) is 5.11 Å². The molecule has 82 valence electrons. The van der Waals surface area contributed by atoms with Crippen molar-refractivity contribution in [1.29, 1.82) is 0 Å². The zero-order chi connectivity index (χ0) is 11.8. The van der Waals surface area contributed by atoms with Crippen molar-refractivity contribution in [3.05, 3.63) is 32.6 Å². The standard InChI is InChI=1S/C9H9N5OS/c1-16-9-11-6-7(8(15)13-9)4-2-3-5-12-14-10/h6H,3,5H2,1H3,(H,11,13,15). The molecule has 0 aliphatic rings. The zero-order valence-corrected chi connectivity index (χ0v) is 9.41. The van der Waals surface area contributed by atoms with Crippen molar-refractivity contribution < 1.29 is 0 Å². The van der Waals surface area contributed by atoms with E-state index in [1.165, 1.54) is 18.0 Å². The fourth-order valence-electron chi connectivity index (χ4n) is 0.880. The van der Waals surface area contributed by atoms with Crippen molar-refractivity contribution in [1.82, 2.24) is 9.97 Å². The first kappa shape index (κ1) is 12.2. The minimum absolute atomic E-state index is 0.254. The molecule has 0 aliphatic carbocycles. The van der Waals surface area contributed by atoms with Crippen LogP contribution in [0.3, 0.4) is 0 Å². The van der Waals surface area contributed by atoms with Crippen LogP contribution in [-0.4, -0.2) is 22.8 Å². The smallest absolute Gasteiger partial charge is 0.267 e. The van der Waals surface area contributed by atoms with E-state index in [0.717, 1.165) is 0 Å². The lowest BCUT2D eigenvalue weighted by molar-refractivity contribution is 0.932. The summed E-state index contributed by atoms with van der Waals surface area (Å²) in [5.41, 5.74) is 8.09. The van der Waals surface area contributed by atoms with E-state index in [-0.39, 0.29) is 5.56 Å². The molecule has 0 aromatic carbocycles. The summed E-state index contributed by atoms with van der Waals surface area (Å²) in [4.78, 5) is 20.6. The first-order valence-corrected chi connectivity index (χ1v) is 5.63. The number of nitrogens with zero attached hydrogens (tertiary/aromatic N) is 4. The number of hydrogen-bond acceptors (Lipinski definition) is 4. The fraction of sp³-hybridized carbons (Fsp3) is 0.333. The van der Waals surface area contributed by atoms with E-state index >= 15 is 0 Å². The molecular formula is C9H9N5OS. The number of H-pyrrole nitrogens is 1. The Morgan fingerprint density at radius 1 is 1.75 bits per heavy atom. The van der Waals surface area contributed by atoms with Crippen LogP contribution in [0.5, 0.6) is 0 Å². The Bertz CT molecular complexity index is 521. The van der Waals surface area contributed by atoms with Crippen LogP contribution >= 0.6 is 11.8 Å². The average molecular weight is 235 g/mol. The SMILES string of the molecule is CSc1ncc(C#CCCN=[N+]=[N-])c(=O)[nH]1. The number of nitrogens with one attached hydrogen (secondary N) is 1. The maximum Gasteiger partial charge on any atom is 0.267 e. The summed E-state index contributed by atoms with van der Waals surface area (Å²) in [5.74, 6) is 5.41. The molecule has 1 heterocycles. The predicted octanol–water partition coefficient (Wildman–Crippen LogP) is 1.54. The third kappa shape index (κ3) is 3.69. The molecule has 0 spiro atoms. The van der Waals surface area contributed by atoms with Gasteiger partial charge >= 0.3 is 0 Å².